The van der Waals surface area contributed by atoms with Crippen LogP contribution in [0.1, 0.15) is 40.5 Å². The van der Waals surface area contributed by atoms with E-state index < -0.39 is 17.6 Å². The first-order chi connectivity index (χ1) is 14.8. The van der Waals surface area contributed by atoms with E-state index in [-0.39, 0.29) is 17.2 Å². The number of aromatic nitrogens is 3. The number of carbonyl (C=O) groups is 1. The average molecular weight is 430 g/mol. The summed E-state index contributed by atoms with van der Waals surface area (Å²) in [6.45, 7) is 0.749. The van der Waals surface area contributed by atoms with Gasteiger partial charge in [0.1, 0.15) is 5.82 Å². The number of amides is 1. The van der Waals surface area contributed by atoms with E-state index in [2.05, 4.69) is 5.10 Å². The van der Waals surface area contributed by atoms with Gasteiger partial charge in [0.2, 0.25) is 0 Å². The first-order valence-corrected chi connectivity index (χ1v) is 9.93. The molecule has 6 nitrogen and oxygen atoms in total. The van der Waals surface area contributed by atoms with Gasteiger partial charge in [0.15, 0.2) is 0 Å². The molecule has 3 aromatic rings. The van der Waals surface area contributed by atoms with Gasteiger partial charge >= 0.3 is 11.9 Å². The molecule has 1 aromatic heterocycles. The summed E-state index contributed by atoms with van der Waals surface area (Å²) < 4.78 is 41.8. The Hall–Kier alpha value is -3.36. The topological polar surface area (TPSA) is 60.1 Å². The summed E-state index contributed by atoms with van der Waals surface area (Å²) in [4.78, 5) is 26.9. The standard InChI is InChI=1S/C22H21F3N4O2/c1-27-21(31)29(18-8-3-2-4-9-18)19(26-27)15-10-12-28(13-11-15)20(30)16-6-5-7-17(14-16)22(23,24)25/h2-9,14-15H,10-13H2,1H3. The van der Waals surface area contributed by atoms with Crippen molar-refractivity contribution >= 4 is 5.91 Å². The molecule has 9 heteroatoms. The first kappa shape index (κ1) is 20.9. The molecule has 0 radical (unpaired) electrons. The fourth-order valence-electron chi connectivity index (χ4n) is 3.92. The number of aryl methyl sites for hydroxylation is 1. The largest absolute Gasteiger partial charge is 0.416 e. The summed E-state index contributed by atoms with van der Waals surface area (Å²) in [7, 11) is 1.59. The van der Waals surface area contributed by atoms with Crippen LogP contribution < -0.4 is 5.69 Å². The molecule has 31 heavy (non-hydrogen) atoms. The molecule has 1 saturated heterocycles. The predicted octanol–water partition coefficient (Wildman–Crippen LogP) is 3.61. The van der Waals surface area contributed by atoms with E-state index in [1.54, 1.807) is 16.5 Å². The minimum absolute atomic E-state index is 0.0207. The number of alkyl halides is 3. The second-order valence-electron chi connectivity index (χ2n) is 7.58. The highest BCUT2D eigenvalue weighted by Crippen LogP contribution is 2.31. The van der Waals surface area contributed by atoms with Crippen molar-refractivity contribution in [2.75, 3.05) is 13.1 Å². The maximum atomic E-state index is 13.0. The van der Waals surface area contributed by atoms with Crippen molar-refractivity contribution in [3.8, 4) is 5.69 Å². The lowest BCUT2D eigenvalue weighted by molar-refractivity contribution is -0.137. The second kappa shape index (κ2) is 8.05. The van der Waals surface area contributed by atoms with E-state index in [4.69, 9.17) is 0 Å². The fourth-order valence-corrected chi connectivity index (χ4v) is 3.92. The molecule has 162 valence electrons. The summed E-state index contributed by atoms with van der Waals surface area (Å²) in [5, 5.41) is 4.42. The number of hydrogen-bond acceptors (Lipinski definition) is 3. The Labute approximate surface area is 176 Å². The third-order valence-electron chi connectivity index (χ3n) is 5.55. The quantitative estimate of drug-likeness (QED) is 0.638. The molecule has 0 bridgehead atoms. The number of nitrogens with zero attached hydrogens (tertiary/aromatic N) is 4. The van der Waals surface area contributed by atoms with Crippen LogP contribution in [0.3, 0.4) is 0 Å². The minimum Gasteiger partial charge on any atom is -0.339 e. The Morgan fingerprint density at radius 2 is 1.71 bits per heavy atom. The van der Waals surface area contributed by atoms with E-state index in [9.17, 15) is 22.8 Å². The van der Waals surface area contributed by atoms with Gasteiger partial charge in [0.25, 0.3) is 5.91 Å². The third kappa shape index (κ3) is 4.12. The van der Waals surface area contributed by atoms with Crippen molar-refractivity contribution in [3.63, 3.8) is 0 Å². The lowest BCUT2D eigenvalue weighted by atomic mass is 9.95. The Kier molecular flexibility index (Phi) is 5.43. The van der Waals surface area contributed by atoms with Crippen LogP contribution in [-0.2, 0) is 13.2 Å². The SMILES string of the molecule is Cn1nc(C2CCN(C(=O)c3cccc(C(F)(F)F)c3)CC2)n(-c2ccccc2)c1=O. The Morgan fingerprint density at radius 3 is 2.35 bits per heavy atom. The van der Waals surface area contributed by atoms with Crippen LogP contribution in [-0.4, -0.2) is 38.2 Å². The summed E-state index contributed by atoms with van der Waals surface area (Å²) >= 11 is 0. The Bertz CT molecular complexity index is 1140. The second-order valence-corrected chi connectivity index (χ2v) is 7.58. The third-order valence-corrected chi connectivity index (χ3v) is 5.55. The molecule has 1 aliphatic rings. The molecule has 1 fully saturated rings. The lowest BCUT2D eigenvalue weighted by Crippen LogP contribution is -2.38. The molecular formula is C22H21F3N4O2. The highest BCUT2D eigenvalue weighted by molar-refractivity contribution is 5.94. The van der Waals surface area contributed by atoms with Gasteiger partial charge in [-0.1, -0.05) is 24.3 Å². The number of hydrogen-bond donors (Lipinski definition) is 0. The van der Waals surface area contributed by atoms with Crippen molar-refractivity contribution in [1.29, 1.82) is 0 Å². The maximum Gasteiger partial charge on any atom is 0.416 e. The molecule has 0 N–H and O–H groups in total. The van der Waals surface area contributed by atoms with Crippen LogP contribution in [0.4, 0.5) is 13.2 Å². The van der Waals surface area contributed by atoms with E-state index in [0.29, 0.717) is 31.8 Å². The number of benzene rings is 2. The van der Waals surface area contributed by atoms with E-state index >= 15 is 0 Å². The van der Waals surface area contributed by atoms with Crippen molar-refractivity contribution < 1.29 is 18.0 Å². The van der Waals surface area contributed by atoms with Crippen LogP contribution in [0.2, 0.25) is 0 Å². The van der Waals surface area contributed by atoms with Gasteiger partial charge in [0, 0.05) is 31.6 Å². The van der Waals surface area contributed by atoms with Crippen molar-refractivity contribution in [3.05, 3.63) is 82.0 Å². The van der Waals surface area contributed by atoms with Crippen molar-refractivity contribution in [1.82, 2.24) is 19.2 Å². The van der Waals surface area contributed by atoms with Crippen LogP contribution in [0.5, 0.6) is 0 Å². The summed E-state index contributed by atoms with van der Waals surface area (Å²) in [6, 6.07) is 13.7. The zero-order valence-corrected chi connectivity index (χ0v) is 16.8. The normalized spacial score (nSPS) is 15.3. The van der Waals surface area contributed by atoms with Crippen LogP contribution in [0, 0.1) is 0 Å². The fraction of sp³-hybridized carbons (Fsp3) is 0.318. The van der Waals surface area contributed by atoms with E-state index in [1.807, 2.05) is 30.3 Å². The van der Waals surface area contributed by atoms with Gasteiger partial charge in [-0.3, -0.25) is 4.79 Å². The molecule has 0 aliphatic carbocycles. The molecule has 1 aliphatic heterocycles. The smallest absolute Gasteiger partial charge is 0.339 e. The van der Waals surface area contributed by atoms with Crippen LogP contribution in [0.15, 0.2) is 59.4 Å². The number of carbonyl (C=O) groups excluding carboxylic acids is 1. The molecule has 1 amide bonds. The Morgan fingerprint density at radius 1 is 1.03 bits per heavy atom. The van der Waals surface area contributed by atoms with Gasteiger partial charge in [0.05, 0.1) is 11.3 Å². The maximum absolute atomic E-state index is 13.0. The van der Waals surface area contributed by atoms with Gasteiger partial charge in [-0.05, 0) is 43.2 Å². The van der Waals surface area contributed by atoms with E-state index in [0.717, 1.165) is 17.8 Å². The number of piperidine rings is 1. The Balaban J connectivity index is 1.52. The number of likely N-dealkylation sites (tertiary alicyclic amines) is 1. The summed E-state index contributed by atoms with van der Waals surface area (Å²) in [6.07, 6.45) is -3.37. The summed E-state index contributed by atoms with van der Waals surface area (Å²) in [5.41, 5.74) is -0.345. The van der Waals surface area contributed by atoms with Crippen molar-refractivity contribution in [2.45, 2.75) is 24.9 Å². The van der Waals surface area contributed by atoms with E-state index in [1.165, 1.54) is 16.8 Å². The van der Waals surface area contributed by atoms with Gasteiger partial charge in [-0.2, -0.15) is 18.3 Å². The molecule has 0 unspecified atom stereocenters. The molecule has 0 atom stereocenters. The molecule has 4 rings (SSSR count). The van der Waals surface area contributed by atoms with Gasteiger partial charge < -0.3 is 4.90 Å². The predicted molar refractivity (Wildman–Crippen MR) is 108 cm³/mol. The molecule has 2 aromatic carbocycles. The highest BCUT2D eigenvalue weighted by Gasteiger charge is 2.32. The van der Waals surface area contributed by atoms with Gasteiger partial charge in [-0.25, -0.2) is 14.0 Å². The lowest BCUT2D eigenvalue weighted by Gasteiger charge is -2.31. The van der Waals surface area contributed by atoms with Crippen LogP contribution in [0.25, 0.3) is 5.69 Å². The highest BCUT2D eigenvalue weighted by atomic mass is 19.4. The zero-order valence-electron chi connectivity index (χ0n) is 16.8. The number of rotatable bonds is 3. The molecule has 0 saturated carbocycles. The molecule has 0 spiro atoms. The minimum atomic E-state index is -4.50. The number of halogens is 3. The monoisotopic (exact) mass is 430 g/mol. The molecular weight excluding hydrogens is 409 g/mol. The molecule has 2 heterocycles. The zero-order chi connectivity index (χ0) is 22.2. The van der Waals surface area contributed by atoms with Gasteiger partial charge in [-0.15, -0.1) is 0 Å². The number of para-hydroxylation sites is 1. The van der Waals surface area contributed by atoms with Crippen LogP contribution >= 0.6 is 0 Å². The average Bonchev–Trinajstić information content (AvgIpc) is 3.08. The first-order valence-electron chi connectivity index (χ1n) is 9.93. The van der Waals surface area contributed by atoms with Crippen molar-refractivity contribution in [2.24, 2.45) is 7.05 Å². The summed E-state index contributed by atoms with van der Waals surface area (Å²) in [5.74, 6) is 0.163.